The maximum atomic E-state index is 12.9. The van der Waals surface area contributed by atoms with Crippen LogP contribution in [0.3, 0.4) is 0 Å². The van der Waals surface area contributed by atoms with Gasteiger partial charge in [0.25, 0.3) is 0 Å². The molecule has 25 heavy (non-hydrogen) atoms. The molecule has 1 fully saturated rings. The second-order valence-electron chi connectivity index (χ2n) is 5.82. The van der Waals surface area contributed by atoms with Gasteiger partial charge in [0, 0.05) is 35.1 Å². The van der Waals surface area contributed by atoms with Crippen LogP contribution in [0.4, 0.5) is 16.3 Å². The highest BCUT2D eigenvalue weighted by molar-refractivity contribution is 6.31. The van der Waals surface area contributed by atoms with Gasteiger partial charge in [0.05, 0.1) is 12.7 Å². The van der Waals surface area contributed by atoms with Crippen molar-refractivity contribution in [2.75, 3.05) is 30.0 Å². The molecule has 1 aliphatic rings. The number of methoxy groups -OCH3 is 1. The summed E-state index contributed by atoms with van der Waals surface area (Å²) in [6.45, 7) is 4.68. The van der Waals surface area contributed by atoms with Gasteiger partial charge >= 0.3 is 12.0 Å². The van der Waals surface area contributed by atoms with Gasteiger partial charge < -0.3 is 4.74 Å². The highest BCUT2D eigenvalue weighted by atomic mass is 35.5. The van der Waals surface area contributed by atoms with E-state index in [1.165, 1.54) is 7.11 Å². The number of ether oxygens (including phenoxy) is 1. The fraction of sp³-hybridized carbons (Fsp3) is 0.278. The number of esters is 1. The smallest absolute Gasteiger partial charge is 0.337 e. The van der Waals surface area contributed by atoms with E-state index in [2.05, 4.69) is 4.98 Å². The Bertz CT molecular complexity index is 853. The third kappa shape index (κ3) is 3.17. The SMILES string of the molecule is COC(=O)c1cccc(N2CCN(c3nc(C)cc(Cl)c3C)C2=O)c1. The molecule has 2 amide bonds. The number of carbonyl (C=O) groups excluding carboxylic acids is 2. The van der Waals surface area contributed by atoms with E-state index < -0.39 is 5.97 Å². The average molecular weight is 360 g/mol. The second kappa shape index (κ2) is 6.72. The number of benzene rings is 1. The molecule has 0 atom stereocenters. The maximum Gasteiger partial charge on any atom is 0.337 e. The molecule has 0 aliphatic carbocycles. The molecule has 6 nitrogen and oxygen atoms in total. The van der Waals surface area contributed by atoms with Gasteiger partial charge in [-0.25, -0.2) is 14.6 Å². The summed E-state index contributed by atoms with van der Waals surface area (Å²) in [4.78, 5) is 32.3. The molecule has 2 aromatic rings. The standard InChI is InChI=1S/C18H18ClN3O3/c1-11-9-15(19)12(2)16(20-11)22-8-7-21(18(22)24)14-6-4-5-13(10-14)17(23)25-3/h4-6,9-10H,7-8H2,1-3H3. The Kier molecular flexibility index (Phi) is 4.63. The molecule has 3 rings (SSSR count). The minimum Gasteiger partial charge on any atom is -0.465 e. The van der Waals surface area contributed by atoms with E-state index in [-0.39, 0.29) is 6.03 Å². The number of aromatic nitrogens is 1. The van der Waals surface area contributed by atoms with Gasteiger partial charge in [0.1, 0.15) is 5.82 Å². The molecule has 2 heterocycles. The van der Waals surface area contributed by atoms with E-state index in [9.17, 15) is 9.59 Å². The lowest BCUT2D eigenvalue weighted by Crippen LogP contribution is -2.33. The molecular formula is C18H18ClN3O3. The van der Waals surface area contributed by atoms with Crippen LogP contribution < -0.4 is 9.80 Å². The summed E-state index contributed by atoms with van der Waals surface area (Å²) < 4.78 is 4.74. The molecule has 0 saturated carbocycles. The van der Waals surface area contributed by atoms with Crippen LogP contribution in [0.1, 0.15) is 21.6 Å². The van der Waals surface area contributed by atoms with E-state index in [1.54, 1.807) is 40.1 Å². The van der Waals surface area contributed by atoms with Gasteiger partial charge in [-0.15, -0.1) is 0 Å². The van der Waals surface area contributed by atoms with E-state index >= 15 is 0 Å². The Morgan fingerprint density at radius 1 is 1.20 bits per heavy atom. The number of pyridine rings is 1. The lowest BCUT2D eigenvalue weighted by molar-refractivity contribution is 0.0600. The van der Waals surface area contributed by atoms with Gasteiger partial charge in [0.2, 0.25) is 0 Å². The van der Waals surface area contributed by atoms with Crippen molar-refractivity contribution < 1.29 is 14.3 Å². The molecule has 1 aromatic carbocycles. The summed E-state index contributed by atoms with van der Waals surface area (Å²) in [5, 5.41) is 0.585. The number of anilines is 2. The highest BCUT2D eigenvalue weighted by Gasteiger charge is 2.33. The monoisotopic (exact) mass is 359 g/mol. The van der Waals surface area contributed by atoms with Crippen molar-refractivity contribution in [3.8, 4) is 0 Å². The molecule has 1 aliphatic heterocycles. The molecule has 0 spiro atoms. The Hall–Kier alpha value is -2.60. The van der Waals surface area contributed by atoms with Crippen molar-refractivity contribution in [3.63, 3.8) is 0 Å². The van der Waals surface area contributed by atoms with Crippen molar-refractivity contribution in [1.29, 1.82) is 0 Å². The fourth-order valence-electron chi connectivity index (χ4n) is 2.84. The van der Waals surface area contributed by atoms with Gasteiger partial charge in [-0.2, -0.15) is 0 Å². The van der Waals surface area contributed by atoms with Gasteiger partial charge in [-0.3, -0.25) is 9.80 Å². The number of urea groups is 1. The number of hydrogen-bond acceptors (Lipinski definition) is 4. The van der Waals surface area contributed by atoms with E-state index in [0.29, 0.717) is 35.2 Å². The van der Waals surface area contributed by atoms with Crippen molar-refractivity contribution in [2.45, 2.75) is 13.8 Å². The normalized spacial score (nSPS) is 14.2. The van der Waals surface area contributed by atoms with Crippen LogP contribution in [0.15, 0.2) is 30.3 Å². The van der Waals surface area contributed by atoms with Crippen LogP contribution in [-0.4, -0.2) is 37.2 Å². The summed E-state index contributed by atoms with van der Waals surface area (Å²) in [5.41, 5.74) is 2.57. The van der Waals surface area contributed by atoms with E-state index in [0.717, 1.165) is 11.3 Å². The summed E-state index contributed by atoms with van der Waals surface area (Å²) in [5.74, 6) is 0.134. The minimum atomic E-state index is -0.437. The topological polar surface area (TPSA) is 62.7 Å². The number of nitrogens with zero attached hydrogens (tertiary/aromatic N) is 3. The summed E-state index contributed by atoms with van der Waals surface area (Å²) >= 11 is 6.23. The lowest BCUT2D eigenvalue weighted by Gasteiger charge is -2.20. The Labute approximate surface area is 151 Å². The van der Waals surface area contributed by atoms with Crippen molar-refractivity contribution in [1.82, 2.24) is 4.98 Å². The van der Waals surface area contributed by atoms with Crippen LogP contribution >= 0.6 is 11.6 Å². The van der Waals surface area contributed by atoms with Crippen molar-refractivity contribution in [3.05, 3.63) is 52.2 Å². The molecule has 130 valence electrons. The van der Waals surface area contributed by atoms with Crippen LogP contribution in [0.2, 0.25) is 5.02 Å². The lowest BCUT2D eigenvalue weighted by atomic mass is 10.2. The van der Waals surface area contributed by atoms with E-state index in [1.807, 2.05) is 13.8 Å². The molecule has 0 radical (unpaired) electrons. The molecule has 7 heteroatoms. The summed E-state index contributed by atoms with van der Waals surface area (Å²) in [6.07, 6.45) is 0. The van der Waals surface area contributed by atoms with Crippen molar-refractivity contribution in [2.24, 2.45) is 0 Å². The quantitative estimate of drug-likeness (QED) is 0.786. The number of halogens is 1. The zero-order valence-corrected chi connectivity index (χ0v) is 15.0. The predicted octanol–water partition coefficient (Wildman–Crippen LogP) is 3.59. The van der Waals surface area contributed by atoms with Crippen LogP contribution in [0.5, 0.6) is 0 Å². The number of amides is 2. The third-order valence-corrected chi connectivity index (χ3v) is 4.55. The zero-order valence-electron chi connectivity index (χ0n) is 14.2. The summed E-state index contributed by atoms with van der Waals surface area (Å²) in [7, 11) is 1.33. The Morgan fingerprint density at radius 2 is 1.92 bits per heavy atom. The van der Waals surface area contributed by atoms with Gasteiger partial charge in [0.15, 0.2) is 0 Å². The van der Waals surface area contributed by atoms with Crippen LogP contribution in [0, 0.1) is 13.8 Å². The average Bonchev–Trinajstić information content (AvgIpc) is 2.99. The molecule has 0 N–H and O–H groups in total. The van der Waals surface area contributed by atoms with E-state index in [4.69, 9.17) is 16.3 Å². The number of carbonyl (C=O) groups is 2. The van der Waals surface area contributed by atoms with Gasteiger partial charge in [-0.1, -0.05) is 17.7 Å². The molecule has 0 bridgehead atoms. The van der Waals surface area contributed by atoms with Crippen LogP contribution in [0.25, 0.3) is 0 Å². The first-order chi connectivity index (χ1) is 11.9. The Morgan fingerprint density at radius 3 is 2.64 bits per heavy atom. The predicted molar refractivity (Wildman–Crippen MR) is 96.6 cm³/mol. The first-order valence-electron chi connectivity index (χ1n) is 7.83. The molecule has 0 unspecified atom stereocenters. The first-order valence-corrected chi connectivity index (χ1v) is 8.21. The number of hydrogen-bond donors (Lipinski definition) is 0. The van der Waals surface area contributed by atoms with Crippen molar-refractivity contribution >= 4 is 35.1 Å². The first kappa shape index (κ1) is 17.2. The molecular weight excluding hydrogens is 342 g/mol. The minimum absolute atomic E-state index is 0.195. The fourth-order valence-corrected chi connectivity index (χ4v) is 3.08. The largest absolute Gasteiger partial charge is 0.465 e. The van der Waals surface area contributed by atoms with Crippen LogP contribution in [-0.2, 0) is 4.74 Å². The zero-order chi connectivity index (χ0) is 18.1. The highest BCUT2D eigenvalue weighted by Crippen LogP contribution is 2.30. The number of aryl methyl sites for hydroxylation is 1. The molecule has 1 saturated heterocycles. The third-order valence-electron chi connectivity index (χ3n) is 4.16. The second-order valence-corrected chi connectivity index (χ2v) is 6.23. The molecule has 1 aromatic heterocycles. The summed E-state index contributed by atoms with van der Waals surface area (Å²) in [6, 6.07) is 8.40. The van der Waals surface area contributed by atoms with Gasteiger partial charge in [-0.05, 0) is 38.1 Å². The Balaban J connectivity index is 1.92. The number of rotatable bonds is 3. The maximum absolute atomic E-state index is 12.9.